The number of nitrogens with zero attached hydrogens (tertiary/aromatic N) is 1. The van der Waals surface area contributed by atoms with E-state index in [4.69, 9.17) is 5.73 Å². The Balaban J connectivity index is 2.30. The lowest BCUT2D eigenvalue weighted by molar-refractivity contribution is 0.387. The molecule has 1 heterocycles. The molecule has 0 saturated carbocycles. The maximum absolute atomic E-state index is 12.1. The van der Waals surface area contributed by atoms with Gasteiger partial charge in [0.25, 0.3) is 0 Å². The molecule has 4 nitrogen and oxygen atoms in total. The Hall–Kier alpha value is -1.07. The summed E-state index contributed by atoms with van der Waals surface area (Å²) in [4.78, 5) is 0. The summed E-state index contributed by atoms with van der Waals surface area (Å²) in [6.07, 6.45) is 0.765. The third kappa shape index (κ3) is 2.30. The van der Waals surface area contributed by atoms with Crippen LogP contribution in [0.2, 0.25) is 0 Å². The molecular weight excluding hydrogens is 236 g/mol. The molecule has 0 aromatic heterocycles. The average Bonchev–Trinajstić information content (AvgIpc) is 2.27. The molecule has 0 saturated heterocycles. The van der Waals surface area contributed by atoms with Crippen LogP contribution in [0.15, 0.2) is 18.2 Å². The summed E-state index contributed by atoms with van der Waals surface area (Å²) >= 11 is 0. The zero-order chi connectivity index (χ0) is 12.6. The van der Waals surface area contributed by atoms with Gasteiger partial charge in [0.1, 0.15) is 0 Å². The predicted octanol–water partition coefficient (Wildman–Crippen LogP) is 1.37. The van der Waals surface area contributed by atoms with Gasteiger partial charge in [-0.3, -0.25) is 0 Å². The number of hydrogen-bond donors (Lipinski definition) is 1. The summed E-state index contributed by atoms with van der Waals surface area (Å²) in [5.41, 5.74) is 8.65. The van der Waals surface area contributed by atoms with Gasteiger partial charge in [-0.1, -0.05) is 6.07 Å². The van der Waals surface area contributed by atoms with Crippen molar-refractivity contribution in [1.82, 2.24) is 4.31 Å². The van der Waals surface area contributed by atoms with E-state index in [0.717, 1.165) is 12.0 Å². The van der Waals surface area contributed by atoms with Gasteiger partial charge in [0, 0.05) is 18.8 Å². The van der Waals surface area contributed by atoms with Crippen molar-refractivity contribution in [2.45, 2.75) is 32.1 Å². The largest absolute Gasteiger partial charge is 0.399 e. The Labute approximate surface area is 102 Å². The first-order valence-electron chi connectivity index (χ1n) is 5.77. The number of sulfonamides is 1. The topological polar surface area (TPSA) is 63.4 Å². The van der Waals surface area contributed by atoms with E-state index in [-0.39, 0.29) is 5.25 Å². The molecule has 2 rings (SSSR count). The molecule has 1 aromatic rings. The number of rotatable bonds is 2. The van der Waals surface area contributed by atoms with Crippen molar-refractivity contribution < 1.29 is 8.42 Å². The van der Waals surface area contributed by atoms with E-state index in [9.17, 15) is 8.42 Å². The molecule has 0 aliphatic carbocycles. The second-order valence-electron chi connectivity index (χ2n) is 4.71. The van der Waals surface area contributed by atoms with Crippen LogP contribution in [0.5, 0.6) is 0 Å². The quantitative estimate of drug-likeness (QED) is 0.811. The van der Waals surface area contributed by atoms with E-state index >= 15 is 0 Å². The number of anilines is 1. The highest BCUT2D eigenvalue weighted by atomic mass is 32.2. The lowest BCUT2D eigenvalue weighted by atomic mass is 10.0. The number of benzene rings is 1. The van der Waals surface area contributed by atoms with Crippen LogP contribution in [-0.4, -0.2) is 24.5 Å². The highest BCUT2D eigenvalue weighted by Gasteiger charge is 2.28. The van der Waals surface area contributed by atoms with Crippen LogP contribution in [0.25, 0.3) is 0 Å². The van der Waals surface area contributed by atoms with E-state index in [2.05, 4.69) is 0 Å². The Morgan fingerprint density at radius 3 is 2.65 bits per heavy atom. The number of hydrogen-bond acceptors (Lipinski definition) is 3. The molecule has 0 unspecified atom stereocenters. The maximum Gasteiger partial charge on any atom is 0.216 e. The monoisotopic (exact) mass is 254 g/mol. The SMILES string of the molecule is CC(C)S(=O)(=O)N1CCc2ccc(N)cc2C1. The lowest BCUT2D eigenvalue weighted by Crippen LogP contribution is -2.39. The molecule has 1 aliphatic rings. The first kappa shape index (κ1) is 12.4. The summed E-state index contributed by atoms with van der Waals surface area (Å²) in [6.45, 7) is 4.44. The van der Waals surface area contributed by atoms with Crippen molar-refractivity contribution in [3.05, 3.63) is 29.3 Å². The summed E-state index contributed by atoms with van der Waals surface area (Å²) in [5.74, 6) is 0. The van der Waals surface area contributed by atoms with Crippen molar-refractivity contribution in [2.24, 2.45) is 0 Å². The molecule has 94 valence electrons. The minimum atomic E-state index is -3.16. The number of nitrogen functional groups attached to an aromatic ring is 1. The van der Waals surface area contributed by atoms with Gasteiger partial charge in [-0.15, -0.1) is 0 Å². The van der Waals surface area contributed by atoms with Gasteiger partial charge in [-0.05, 0) is 43.5 Å². The van der Waals surface area contributed by atoms with E-state index in [1.165, 1.54) is 5.56 Å². The van der Waals surface area contributed by atoms with E-state index in [1.54, 1.807) is 18.2 Å². The van der Waals surface area contributed by atoms with Gasteiger partial charge in [0.15, 0.2) is 0 Å². The van der Waals surface area contributed by atoms with Crippen LogP contribution in [-0.2, 0) is 23.0 Å². The minimum Gasteiger partial charge on any atom is -0.399 e. The van der Waals surface area contributed by atoms with Crippen LogP contribution in [0.3, 0.4) is 0 Å². The van der Waals surface area contributed by atoms with Crippen molar-refractivity contribution in [3.63, 3.8) is 0 Å². The van der Waals surface area contributed by atoms with Crippen molar-refractivity contribution in [2.75, 3.05) is 12.3 Å². The second kappa shape index (κ2) is 4.31. The number of fused-ring (bicyclic) bond motifs is 1. The molecule has 0 amide bonds. The van der Waals surface area contributed by atoms with Crippen LogP contribution < -0.4 is 5.73 Å². The molecule has 1 aliphatic heterocycles. The van der Waals surface area contributed by atoms with Gasteiger partial charge in [-0.25, -0.2) is 8.42 Å². The standard InChI is InChI=1S/C12H18N2O2S/c1-9(2)17(15,16)14-6-5-10-3-4-12(13)7-11(10)8-14/h3-4,7,9H,5-6,8,13H2,1-2H3. The van der Waals surface area contributed by atoms with Crippen LogP contribution in [0.4, 0.5) is 5.69 Å². The summed E-state index contributed by atoms with van der Waals surface area (Å²) in [5, 5.41) is -0.370. The Morgan fingerprint density at radius 1 is 1.29 bits per heavy atom. The van der Waals surface area contributed by atoms with E-state index < -0.39 is 10.0 Å². The third-order valence-electron chi connectivity index (χ3n) is 3.16. The first-order valence-corrected chi connectivity index (χ1v) is 7.28. The zero-order valence-electron chi connectivity index (χ0n) is 10.2. The van der Waals surface area contributed by atoms with E-state index in [0.29, 0.717) is 18.8 Å². The summed E-state index contributed by atoms with van der Waals surface area (Å²) in [6, 6.07) is 5.73. The van der Waals surface area contributed by atoms with Gasteiger partial charge in [-0.2, -0.15) is 4.31 Å². The lowest BCUT2D eigenvalue weighted by Gasteiger charge is -2.29. The van der Waals surface area contributed by atoms with Gasteiger partial charge >= 0.3 is 0 Å². The normalized spacial score (nSPS) is 17.1. The molecule has 2 N–H and O–H groups in total. The van der Waals surface area contributed by atoms with Crippen LogP contribution >= 0.6 is 0 Å². The first-order chi connectivity index (χ1) is 7.91. The van der Waals surface area contributed by atoms with Crippen molar-refractivity contribution >= 4 is 15.7 Å². The molecule has 0 radical (unpaired) electrons. The zero-order valence-corrected chi connectivity index (χ0v) is 11.0. The molecule has 0 spiro atoms. The predicted molar refractivity (Wildman–Crippen MR) is 69.0 cm³/mol. The maximum atomic E-state index is 12.1. The van der Waals surface area contributed by atoms with Gasteiger partial charge in [0.2, 0.25) is 10.0 Å². The molecule has 0 atom stereocenters. The van der Waals surface area contributed by atoms with Crippen molar-refractivity contribution in [3.8, 4) is 0 Å². The van der Waals surface area contributed by atoms with Crippen molar-refractivity contribution in [1.29, 1.82) is 0 Å². The molecule has 5 heteroatoms. The van der Waals surface area contributed by atoms with E-state index in [1.807, 2.05) is 18.2 Å². The number of nitrogens with two attached hydrogens (primary N) is 1. The Kier molecular flexibility index (Phi) is 3.14. The Morgan fingerprint density at radius 2 is 2.00 bits per heavy atom. The molecule has 0 fully saturated rings. The fourth-order valence-electron chi connectivity index (χ4n) is 2.07. The van der Waals surface area contributed by atoms with Crippen LogP contribution in [0, 0.1) is 0 Å². The molecule has 0 bridgehead atoms. The van der Waals surface area contributed by atoms with Gasteiger partial charge < -0.3 is 5.73 Å². The van der Waals surface area contributed by atoms with Gasteiger partial charge in [0.05, 0.1) is 5.25 Å². The summed E-state index contributed by atoms with van der Waals surface area (Å²) < 4.78 is 25.7. The Bertz CT molecular complexity index is 523. The molecular formula is C12H18N2O2S. The fraction of sp³-hybridized carbons (Fsp3) is 0.500. The average molecular weight is 254 g/mol. The molecule has 1 aromatic carbocycles. The fourth-order valence-corrected chi connectivity index (χ4v) is 3.33. The minimum absolute atomic E-state index is 0.370. The smallest absolute Gasteiger partial charge is 0.216 e. The molecule has 17 heavy (non-hydrogen) atoms. The highest BCUT2D eigenvalue weighted by molar-refractivity contribution is 7.89. The second-order valence-corrected chi connectivity index (χ2v) is 7.19. The van der Waals surface area contributed by atoms with Crippen LogP contribution in [0.1, 0.15) is 25.0 Å². The third-order valence-corrected chi connectivity index (χ3v) is 5.39. The summed E-state index contributed by atoms with van der Waals surface area (Å²) in [7, 11) is -3.16. The highest BCUT2D eigenvalue weighted by Crippen LogP contribution is 2.24.